The van der Waals surface area contributed by atoms with E-state index < -0.39 is 17.5 Å². The monoisotopic (exact) mass is 578 g/mol. The third-order valence-corrected chi connectivity index (χ3v) is 7.13. The highest BCUT2D eigenvalue weighted by atomic mass is 16.6. The van der Waals surface area contributed by atoms with Crippen molar-refractivity contribution in [3.8, 4) is 11.5 Å². The second-order valence-electron chi connectivity index (χ2n) is 10.9. The van der Waals surface area contributed by atoms with Crippen molar-refractivity contribution >= 4 is 17.9 Å². The fourth-order valence-corrected chi connectivity index (χ4v) is 4.86. The van der Waals surface area contributed by atoms with Gasteiger partial charge in [0.05, 0.1) is 5.56 Å². The highest BCUT2D eigenvalue weighted by Gasteiger charge is 2.50. The van der Waals surface area contributed by atoms with E-state index in [2.05, 4.69) is 0 Å². The molecule has 0 aromatic heterocycles. The number of hydrogen-bond donors (Lipinski definition) is 4. The van der Waals surface area contributed by atoms with Crippen molar-refractivity contribution in [3.05, 3.63) is 93.0 Å². The van der Waals surface area contributed by atoms with Crippen LogP contribution in [0.3, 0.4) is 0 Å². The van der Waals surface area contributed by atoms with Crippen molar-refractivity contribution < 1.29 is 39.5 Å². The van der Waals surface area contributed by atoms with Gasteiger partial charge in [-0.15, -0.1) is 0 Å². The summed E-state index contributed by atoms with van der Waals surface area (Å²) in [6.45, 7) is 15.2. The minimum Gasteiger partial charge on any atom is -0.508 e. The normalized spacial score (nSPS) is 13.0. The second kappa shape index (κ2) is 14.0. The number of ether oxygens (including phenoxy) is 1. The summed E-state index contributed by atoms with van der Waals surface area (Å²) in [4.78, 5) is 31.8. The van der Waals surface area contributed by atoms with Crippen molar-refractivity contribution in [2.45, 2.75) is 85.7 Å². The lowest BCUT2D eigenvalue weighted by Crippen LogP contribution is -2.32. The van der Waals surface area contributed by atoms with Gasteiger partial charge in [0, 0.05) is 29.5 Å². The summed E-state index contributed by atoms with van der Waals surface area (Å²) in [6.07, 6.45) is 0.444. The van der Waals surface area contributed by atoms with Gasteiger partial charge in [0.2, 0.25) is 0 Å². The molecule has 0 unspecified atom stereocenters. The first-order valence-electron chi connectivity index (χ1n) is 14.1. The molecule has 4 N–H and O–H groups in total. The number of hydrogen-bond acceptors (Lipinski definition) is 6. The van der Waals surface area contributed by atoms with Gasteiger partial charge in [-0.05, 0) is 78.3 Å². The number of benzene rings is 3. The summed E-state index contributed by atoms with van der Waals surface area (Å²) in [7, 11) is 0. The van der Waals surface area contributed by atoms with Crippen LogP contribution in [0.2, 0.25) is 0 Å². The molecule has 0 radical (unpaired) electrons. The Labute approximate surface area is 247 Å². The molecule has 0 aliphatic carbocycles. The number of fused-ring (bicyclic) bond motifs is 1. The lowest BCUT2D eigenvalue weighted by molar-refractivity contribution is -0.137. The third kappa shape index (κ3) is 7.11. The Morgan fingerprint density at radius 2 is 1.12 bits per heavy atom. The summed E-state index contributed by atoms with van der Waals surface area (Å²) in [5.74, 6) is -1.22. The van der Waals surface area contributed by atoms with Crippen LogP contribution in [0.1, 0.15) is 116 Å². The number of carboxylic acids is 2. The maximum atomic E-state index is 13.1. The Bertz CT molecular complexity index is 1370. The molecule has 8 heteroatoms. The van der Waals surface area contributed by atoms with E-state index >= 15 is 0 Å². The SMILES string of the molecule is CCC(=O)O.CCC(=O)O.Cc1cc(O)c(C(C)C)cc1C1(c2cc(C(C)C)c(O)cc2C)OC(=O)c2ccccc21. The van der Waals surface area contributed by atoms with Crippen molar-refractivity contribution in [3.63, 3.8) is 0 Å². The standard InChI is InChI=1S/C28H30O4.2C3H6O2/c1-15(2)20-13-23(17(5)11-25(20)29)28(22-10-8-7-9-19(22)27(31)32-28)24-14-21(16(3)4)26(30)12-18(24)6;2*1-2-3(4)5/h7-16,29-30H,1-6H3;2*2H2,1H3,(H,4,5). The van der Waals surface area contributed by atoms with Crippen LogP contribution in [-0.2, 0) is 19.9 Å². The molecule has 0 spiro atoms. The van der Waals surface area contributed by atoms with E-state index in [1.54, 1.807) is 32.0 Å². The Morgan fingerprint density at radius 1 is 0.738 bits per heavy atom. The Hall–Kier alpha value is -4.33. The number of phenolic OH excluding ortho intramolecular Hbond substituents is 2. The van der Waals surface area contributed by atoms with Crippen LogP contribution in [0.4, 0.5) is 0 Å². The average Bonchev–Trinajstić information content (AvgIpc) is 3.21. The predicted octanol–water partition coefficient (Wildman–Crippen LogP) is 7.39. The van der Waals surface area contributed by atoms with Gasteiger partial charge < -0.3 is 25.2 Å². The van der Waals surface area contributed by atoms with Crippen molar-refractivity contribution in [2.75, 3.05) is 0 Å². The lowest BCUT2D eigenvalue weighted by Gasteiger charge is -2.34. The number of aryl methyl sites for hydroxylation is 2. The van der Waals surface area contributed by atoms with Crippen LogP contribution in [-0.4, -0.2) is 38.3 Å². The number of cyclic esters (lactones) is 1. The first-order valence-corrected chi connectivity index (χ1v) is 14.1. The summed E-state index contributed by atoms with van der Waals surface area (Å²) in [5, 5.41) is 36.6. The van der Waals surface area contributed by atoms with E-state index in [-0.39, 0.29) is 42.1 Å². The Kier molecular flexibility index (Phi) is 11.3. The first-order chi connectivity index (χ1) is 19.6. The van der Waals surface area contributed by atoms with Crippen LogP contribution < -0.4 is 0 Å². The number of esters is 1. The van der Waals surface area contributed by atoms with Gasteiger partial charge >= 0.3 is 17.9 Å². The molecule has 0 atom stereocenters. The predicted molar refractivity (Wildman–Crippen MR) is 161 cm³/mol. The fraction of sp³-hybridized carbons (Fsp3) is 0.382. The molecule has 3 aromatic rings. The van der Waals surface area contributed by atoms with E-state index in [0.29, 0.717) is 5.56 Å². The summed E-state index contributed by atoms with van der Waals surface area (Å²) >= 11 is 0. The van der Waals surface area contributed by atoms with Crippen molar-refractivity contribution in [1.29, 1.82) is 0 Å². The molecule has 0 saturated heterocycles. The minimum atomic E-state index is -1.17. The van der Waals surface area contributed by atoms with Crippen molar-refractivity contribution in [2.24, 2.45) is 0 Å². The van der Waals surface area contributed by atoms with Gasteiger partial charge in [0.15, 0.2) is 5.60 Å². The molecule has 0 fully saturated rings. The topological polar surface area (TPSA) is 141 Å². The number of rotatable bonds is 6. The van der Waals surface area contributed by atoms with Gasteiger partial charge in [-0.1, -0.05) is 59.7 Å². The molecule has 1 aliphatic heterocycles. The quantitative estimate of drug-likeness (QED) is 0.222. The van der Waals surface area contributed by atoms with Gasteiger partial charge in [-0.2, -0.15) is 0 Å². The highest BCUT2D eigenvalue weighted by molar-refractivity contribution is 5.96. The second-order valence-corrected chi connectivity index (χ2v) is 10.9. The van der Waals surface area contributed by atoms with E-state index in [1.807, 2.05) is 71.9 Å². The molecule has 226 valence electrons. The molecule has 0 bridgehead atoms. The van der Waals surface area contributed by atoms with E-state index in [4.69, 9.17) is 14.9 Å². The van der Waals surface area contributed by atoms with Gasteiger partial charge in [0.25, 0.3) is 0 Å². The summed E-state index contributed by atoms with van der Waals surface area (Å²) < 4.78 is 6.30. The van der Waals surface area contributed by atoms with Gasteiger partial charge in [-0.3, -0.25) is 9.59 Å². The molecular formula is C34H42O8. The number of carbonyl (C=O) groups is 3. The maximum absolute atomic E-state index is 13.1. The van der Waals surface area contributed by atoms with Crippen LogP contribution in [0.15, 0.2) is 48.5 Å². The Balaban J connectivity index is 0.000000533. The third-order valence-electron chi connectivity index (χ3n) is 7.13. The Morgan fingerprint density at radius 3 is 1.48 bits per heavy atom. The smallest absolute Gasteiger partial charge is 0.340 e. The molecular weight excluding hydrogens is 536 g/mol. The lowest BCUT2D eigenvalue weighted by atomic mass is 9.74. The van der Waals surface area contributed by atoms with E-state index in [9.17, 15) is 24.6 Å². The number of aliphatic carboxylic acids is 2. The molecule has 42 heavy (non-hydrogen) atoms. The minimum absolute atomic E-state index is 0.0888. The molecule has 1 aliphatic rings. The van der Waals surface area contributed by atoms with Crippen LogP contribution >= 0.6 is 0 Å². The van der Waals surface area contributed by atoms with Crippen LogP contribution in [0.5, 0.6) is 11.5 Å². The van der Waals surface area contributed by atoms with Crippen molar-refractivity contribution in [1.82, 2.24) is 0 Å². The van der Waals surface area contributed by atoms with E-state index in [1.165, 1.54) is 0 Å². The molecule has 1 heterocycles. The zero-order valence-corrected chi connectivity index (χ0v) is 25.6. The number of carboxylic acid groups (broad SMARTS) is 2. The molecule has 4 rings (SSSR count). The molecule has 0 saturated carbocycles. The molecule has 3 aromatic carbocycles. The number of phenols is 2. The molecule has 8 nitrogen and oxygen atoms in total. The summed E-state index contributed by atoms with van der Waals surface area (Å²) in [6, 6.07) is 14.9. The van der Waals surface area contributed by atoms with Gasteiger partial charge in [-0.25, -0.2) is 4.79 Å². The fourth-order valence-electron chi connectivity index (χ4n) is 4.86. The number of aromatic hydroxyl groups is 2. The van der Waals surface area contributed by atoms with Crippen LogP contribution in [0.25, 0.3) is 0 Å². The zero-order chi connectivity index (χ0) is 31.9. The number of carbonyl (C=O) groups excluding carboxylic acids is 1. The highest BCUT2D eigenvalue weighted by Crippen LogP contribution is 2.51. The largest absolute Gasteiger partial charge is 0.508 e. The zero-order valence-electron chi connectivity index (χ0n) is 25.6. The molecule has 0 amide bonds. The average molecular weight is 579 g/mol. The van der Waals surface area contributed by atoms with Crippen LogP contribution in [0, 0.1) is 13.8 Å². The maximum Gasteiger partial charge on any atom is 0.340 e. The summed E-state index contributed by atoms with van der Waals surface area (Å²) in [5.41, 5.74) is 5.03. The van der Waals surface area contributed by atoms with Gasteiger partial charge in [0.1, 0.15) is 11.5 Å². The van der Waals surface area contributed by atoms with E-state index in [0.717, 1.165) is 38.9 Å². The first kappa shape index (κ1) is 33.9.